The van der Waals surface area contributed by atoms with Gasteiger partial charge in [-0.3, -0.25) is 0 Å². The number of hydrogen-bond acceptors (Lipinski definition) is 6. The van der Waals surface area contributed by atoms with Crippen LogP contribution in [0.1, 0.15) is 6.92 Å². The predicted molar refractivity (Wildman–Crippen MR) is 60.4 cm³/mol. The van der Waals surface area contributed by atoms with Gasteiger partial charge in [0.25, 0.3) is 0 Å². The molecule has 0 aliphatic carbocycles. The van der Waals surface area contributed by atoms with Crippen LogP contribution in [0.5, 0.6) is 0 Å². The summed E-state index contributed by atoms with van der Waals surface area (Å²) in [5.41, 5.74) is 0. The van der Waals surface area contributed by atoms with Gasteiger partial charge < -0.3 is 24.1 Å². The topological polar surface area (TPSA) is 74.2 Å². The molecular weight excluding hydrogens is 228 g/mol. The normalized spacial score (nSPS) is 10.0. The van der Waals surface area contributed by atoms with Crippen LogP contribution in [-0.2, 0) is 23.7 Å². The average molecular weight is 248 g/mol. The number of esters is 1. The third kappa shape index (κ3) is 9.80. The predicted octanol–water partition coefficient (Wildman–Crippen LogP) is 0.105. The van der Waals surface area contributed by atoms with E-state index >= 15 is 0 Å². The molecule has 6 heteroatoms. The maximum Gasteiger partial charge on any atom is 0.373 e. The zero-order valence-corrected chi connectivity index (χ0v) is 10.1. The summed E-state index contributed by atoms with van der Waals surface area (Å²) < 4.78 is 19.8. The largest absolute Gasteiger partial charge is 0.487 e. The van der Waals surface area contributed by atoms with Crippen molar-refractivity contribution in [2.75, 3.05) is 46.2 Å². The van der Waals surface area contributed by atoms with Gasteiger partial charge in [0.05, 0.1) is 39.6 Å². The minimum absolute atomic E-state index is 0.00113. The second-order valence-corrected chi connectivity index (χ2v) is 2.94. The molecule has 0 aromatic carbocycles. The quantitative estimate of drug-likeness (QED) is 0.242. The van der Waals surface area contributed by atoms with Crippen LogP contribution >= 0.6 is 0 Å². The minimum Gasteiger partial charge on any atom is -0.487 e. The molecule has 0 saturated carbocycles. The van der Waals surface area contributed by atoms with Crippen LogP contribution in [0, 0.1) is 0 Å². The molecule has 0 aromatic heterocycles. The monoisotopic (exact) mass is 248 g/mol. The van der Waals surface area contributed by atoms with Crippen LogP contribution in [0.4, 0.5) is 0 Å². The Bertz CT molecular complexity index is 216. The van der Waals surface area contributed by atoms with E-state index < -0.39 is 5.97 Å². The Hall–Kier alpha value is -1.11. The summed E-state index contributed by atoms with van der Waals surface area (Å²) >= 11 is 0. The number of aliphatic hydroxyl groups is 1. The molecule has 0 aromatic rings. The van der Waals surface area contributed by atoms with E-state index in [0.29, 0.717) is 26.4 Å². The van der Waals surface area contributed by atoms with Crippen LogP contribution in [0.2, 0.25) is 0 Å². The highest BCUT2D eigenvalue weighted by Crippen LogP contribution is 1.96. The first kappa shape index (κ1) is 15.9. The van der Waals surface area contributed by atoms with Crippen molar-refractivity contribution >= 4 is 5.97 Å². The first-order chi connectivity index (χ1) is 8.22. The Kier molecular flexibility index (Phi) is 10.6. The van der Waals surface area contributed by atoms with Crippen LogP contribution in [0.15, 0.2) is 12.3 Å². The number of ether oxygens (including phenoxy) is 4. The number of aliphatic hydroxyl groups excluding tert-OH is 1. The lowest BCUT2D eigenvalue weighted by atomic mass is 10.5. The van der Waals surface area contributed by atoms with E-state index in [2.05, 4.69) is 6.58 Å². The molecule has 0 saturated heterocycles. The molecule has 6 nitrogen and oxygen atoms in total. The fraction of sp³-hybridized carbons (Fsp3) is 0.727. The van der Waals surface area contributed by atoms with Gasteiger partial charge in [0.2, 0.25) is 0 Å². The van der Waals surface area contributed by atoms with E-state index in [-0.39, 0.29) is 25.6 Å². The number of carbonyl (C=O) groups is 1. The fourth-order valence-electron chi connectivity index (χ4n) is 0.893. The van der Waals surface area contributed by atoms with Crippen molar-refractivity contribution in [2.24, 2.45) is 0 Å². The van der Waals surface area contributed by atoms with Gasteiger partial charge in [0.15, 0.2) is 5.76 Å². The Morgan fingerprint density at radius 1 is 1.06 bits per heavy atom. The van der Waals surface area contributed by atoms with Gasteiger partial charge >= 0.3 is 5.97 Å². The number of rotatable bonds is 11. The van der Waals surface area contributed by atoms with Crippen molar-refractivity contribution in [1.29, 1.82) is 0 Å². The third-order valence-corrected chi connectivity index (χ3v) is 1.61. The lowest BCUT2D eigenvalue weighted by Crippen LogP contribution is -2.15. The highest BCUT2D eigenvalue weighted by atomic mass is 16.6. The average Bonchev–Trinajstić information content (AvgIpc) is 2.32. The van der Waals surface area contributed by atoms with Gasteiger partial charge in [-0.05, 0) is 13.5 Å². The Morgan fingerprint density at radius 3 is 2.24 bits per heavy atom. The van der Waals surface area contributed by atoms with Gasteiger partial charge in [0, 0.05) is 0 Å². The van der Waals surface area contributed by atoms with Crippen LogP contribution in [-0.4, -0.2) is 57.3 Å². The minimum atomic E-state index is -0.577. The van der Waals surface area contributed by atoms with E-state index in [1.165, 1.54) is 0 Å². The van der Waals surface area contributed by atoms with Crippen molar-refractivity contribution in [3.63, 3.8) is 0 Å². The Labute approximate surface area is 101 Å². The van der Waals surface area contributed by atoms with Gasteiger partial charge in [-0.15, -0.1) is 0 Å². The molecule has 0 radical (unpaired) electrons. The molecule has 17 heavy (non-hydrogen) atoms. The van der Waals surface area contributed by atoms with Gasteiger partial charge in [0.1, 0.15) is 6.61 Å². The molecule has 1 N–H and O–H groups in total. The molecule has 0 aliphatic rings. The van der Waals surface area contributed by atoms with E-state index in [1.807, 2.05) is 0 Å². The molecule has 0 heterocycles. The molecule has 100 valence electrons. The van der Waals surface area contributed by atoms with Crippen LogP contribution in [0.25, 0.3) is 0 Å². The number of hydrogen-bond donors (Lipinski definition) is 1. The smallest absolute Gasteiger partial charge is 0.373 e. The third-order valence-electron chi connectivity index (χ3n) is 1.61. The Morgan fingerprint density at radius 2 is 1.65 bits per heavy atom. The SMILES string of the molecule is C=C(OCC)C(=O)OCCOCCOCCO. The summed E-state index contributed by atoms with van der Waals surface area (Å²) in [6, 6.07) is 0. The van der Waals surface area contributed by atoms with Crippen molar-refractivity contribution in [3.8, 4) is 0 Å². The van der Waals surface area contributed by atoms with E-state index in [1.54, 1.807) is 6.92 Å². The van der Waals surface area contributed by atoms with Crippen molar-refractivity contribution < 1.29 is 28.8 Å². The first-order valence-corrected chi connectivity index (χ1v) is 5.47. The molecule has 0 spiro atoms. The maximum absolute atomic E-state index is 11.2. The molecule has 0 unspecified atom stereocenters. The molecule has 0 bridgehead atoms. The highest BCUT2D eigenvalue weighted by molar-refractivity contribution is 5.85. The summed E-state index contributed by atoms with van der Waals surface area (Å²) in [7, 11) is 0. The summed E-state index contributed by atoms with van der Waals surface area (Å²) in [6.07, 6.45) is 0. The summed E-state index contributed by atoms with van der Waals surface area (Å²) in [5.74, 6) is -0.578. The van der Waals surface area contributed by atoms with Gasteiger partial charge in [-0.2, -0.15) is 0 Å². The lowest BCUT2D eigenvalue weighted by Gasteiger charge is -2.08. The summed E-state index contributed by atoms with van der Waals surface area (Å²) in [6.45, 7) is 7.07. The van der Waals surface area contributed by atoms with E-state index in [9.17, 15) is 4.79 Å². The second kappa shape index (κ2) is 11.4. The summed E-state index contributed by atoms with van der Waals surface area (Å²) in [4.78, 5) is 11.2. The van der Waals surface area contributed by atoms with Crippen LogP contribution in [0.3, 0.4) is 0 Å². The van der Waals surface area contributed by atoms with Crippen molar-refractivity contribution in [2.45, 2.75) is 6.92 Å². The van der Waals surface area contributed by atoms with E-state index in [0.717, 1.165) is 0 Å². The lowest BCUT2D eigenvalue weighted by molar-refractivity contribution is -0.144. The van der Waals surface area contributed by atoms with Crippen LogP contribution < -0.4 is 0 Å². The van der Waals surface area contributed by atoms with E-state index in [4.69, 9.17) is 24.1 Å². The maximum atomic E-state index is 11.2. The van der Waals surface area contributed by atoms with Crippen molar-refractivity contribution in [3.05, 3.63) is 12.3 Å². The zero-order valence-electron chi connectivity index (χ0n) is 10.1. The highest BCUT2D eigenvalue weighted by Gasteiger charge is 2.08. The molecule has 0 rings (SSSR count). The second-order valence-electron chi connectivity index (χ2n) is 2.94. The molecular formula is C11H20O6. The van der Waals surface area contributed by atoms with Gasteiger partial charge in [-0.1, -0.05) is 0 Å². The Balaban J connectivity index is 3.27. The summed E-state index contributed by atoms with van der Waals surface area (Å²) in [5, 5.41) is 8.42. The van der Waals surface area contributed by atoms with Gasteiger partial charge in [-0.25, -0.2) is 4.79 Å². The molecule has 0 amide bonds. The first-order valence-electron chi connectivity index (χ1n) is 5.47. The molecule has 0 aliphatic heterocycles. The molecule has 0 fully saturated rings. The molecule has 0 atom stereocenters. The zero-order chi connectivity index (χ0) is 12.9. The number of carbonyl (C=O) groups excluding carboxylic acids is 1. The standard InChI is InChI=1S/C11H20O6/c1-3-16-10(2)11(13)17-9-8-15-7-6-14-5-4-12/h12H,2-9H2,1H3. The fourth-order valence-corrected chi connectivity index (χ4v) is 0.893. The van der Waals surface area contributed by atoms with Crippen molar-refractivity contribution in [1.82, 2.24) is 0 Å².